The molecule has 28 heavy (non-hydrogen) atoms. The molecule has 0 radical (unpaired) electrons. The van der Waals surface area contributed by atoms with Crippen molar-refractivity contribution < 1.29 is 6.22 Å². The molecule has 2 aliphatic rings. The lowest BCUT2D eigenvalue weighted by Gasteiger charge is -2.22. The van der Waals surface area contributed by atoms with Gasteiger partial charge in [-0.2, -0.15) is 0 Å². The van der Waals surface area contributed by atoms with Gasteiger partial charge in [0.1, 0.15) is 0 Å². The number of allylic oxidation sites excluding steroid dienone is 6. The van der Waals surface area contributed by atoms with Crippen LogP contribution >= 0.6 is 11.8 Å². The van der Waals surface area contributed by atoms with Gasteiger partial charge >= 0.3 is 0 Å². The molecule has 1 aliphatic heterocycles. The topological polar surface area (TPSA) is 32.3 Å². The minimum Gasteiger partial charge on any atom is -0.371 e. The second kappa shape index (κ2) is 9.83. The fraction of sp³-hybridized carbons (Fsp3) is 0.375. The van der Waals surface area contributed by atoms with Crippen molar-refractivity contribution in [1.82, 2.24) is 5.32 Å². The van der Waals surface area contributed by atoms with E-state index >= 15 is 0 Å². The molecule has 3 rings (SSSR count). The average molecular weight is 397 g/mol. The van der Waals surface area contributed by atoms with E-state index < -0.39 is 0 Å². The Kier molecular flexibility index (Phi) is 7.21. The van der Waals surface area contributed by atoms with Gasteiger partial charge in [-0.25, -0.2) is 0 Å². The molecule has 1 saturated heterocycles. The zero-order valence-electron chi connectivity index (χ0n) is 16.8. The van der Waals surface area contributed by atoms with Crippen molar-refractivity contribution in [2.45, 2.75) is 18.2 Å². The highest BCUT2D eigenvalue weighted by Crippen LogP contribution is 2.54. The van der Waals surface area contributed by atoms with Gasteiger partial charge in [0, 0.05) is 37.7 Å². The van der Waals surface area contributed by atoms with Crippen LogP contribution in [0, 0.1) is 17.8 Å². The van der Waals surface area contributed by atoms with Gasteiger partial charge < -0.3 is 10.2 Å². The number of fused-ring (bicyclic) bond motifs is 1. The monoisotopic (exact) mass is 396 g/mol. The van der Waals surface area contributed by atoms with Crippen molar-refractivity contribution in [3.63, 3.8) is 0 Å². The quantitative estimate of drug-likeness (QED) is 0.359. The van der Waals surface area contributed by atoms with Crippen LogP contribution in [0.1, 0.15) is 14.8 Å². The van der Waals surface area contributed by atoms with Crippen LogP contribution in [0.5, 0.6) is 0 Å². The number of hydrogen-bond donors (Lipinski definition) is 1. The molecule has 1 aromatic carbocycles. The Morgan fingerprint density at radius 2 is 2.14 bits per heavy atom. The molecule has 3 atom stereocenters. The van der Waals surface area contributed by atoms with E-state index in [1.807, 2.05) is 25.2 Å². The van der Waals surface area contributed by atoms with Crippen molar-refractivity contribution in [1.29, 1.82) is 0 Å². The van der Waals surface area contributed by atoms with Gasteiger partial charge in [0.25, 0.3) is 0 Å². The Morgan fingerprint density at radius 3 is 2.82 bits per heavy atom. The van der Waals surface area contributed by atoms with E-state index in [1.54, 1.807) is 30.0 Å². The Balaban J connectivity index is 0.00000300. The minimum atomic E-state index is -0.0328. The van der Waals surface area contributed by atoms with Crippen LogP contribution < -0.4 is 10.2 Å². The van der Waals surface area contributed by atoms with Gasteiger partial charge in [-0.1, -0.05) is 36.9 Å². The third-order valence-electron chi connectivity index (χ3n) is 5.71. The summed E-state index contributed by atoms with van der Waals surface area (Å²) < 4.78 is 0. The molecule has 4 heteroatoms. The maximum Gasteiger partial charge on any atom is 0.243 e. The van der Waals surface area contributed by atoms with E-state index in [1.165, 1.54) is 10.6 Å². The second-order valence-corrected chi connectivity index (χ2v) is 8.29. The smallest absolute Gasteiger partial charge is 0.243 e. The van der Waals surface area contributed by atoms with Crippen molar-refractivity contribution in [2.75, 3.05) is 30.8 Å². The predicted molar refractivity (Wildman–Crippen MR) is 123 cm³/mol. The van der Waals surface area contributed by atoms with Crippen molar-refractivity contribution >= 4 is 23.4 Å². The van der Waals surface area contributed by atoms with Crippen LogP contribution in [0.4, 0.5) is 5.69 Å². The number of thioether (sulfide) groups is 1. The zero-order valence-corrected chi connectivity index (χ0v) is 17.6. The number of hydrogen-bond acceptors (Lipinski definition) is 3. The van der Waals surface area contributed by atoms with Crippen LogP contribution in [-0.2, 0) is 4.79 Å². The number of carbonyl (C=O) groups excluding carboxylic acids is 1. The number of anilines is 1. The highest BCUT2D eigenvalue weighted by molar-refractivity contribution is 7.98. The van der Waals surface area contributed by atoms with Crippen LogP contribution in [0.2, 0.25) is 0 Å². The Morgan fingerprint density at radius 1 is 1.36 bits per heavy atom. The molecule has 150 valence electrons. The lowest BCUT2D eigenvalue weighted by atomic mass is 10.1. The van der Waals surface area contributed by atoms with Crippen LogP contribution in [-0.4, -0.2) is 31.8 Å². The zero-order chi connectivity index (χ0) is 19.9. The van der Waals surface area contributed by atoms with Crippen LogP contribution in [0.15, 0.2) is 77.8 Å². The average Bonchev–Trinajstić information content (AvgIpc) is 3.16. The number of carbonyl (C=O) groups is 1. The van der Waals surface area contributed by atoms with Gasteiger partial charge in [0.05, 0.1) is 0 Å². The second-order valence-electron chi connectivity index (χ2n) is 7.41. The minimum absolute atomic E-state index is 0. The molecular formula is C24H32N2OS. The maximum atomic E-state index is 12.0. The fourth-order valence-electron chi connectivity index (χ4n) is 4.09. The molecule has 1 aliphatic carbocycles. The van der Waals surface area contributed by atoms with Gasteiger partial charge in [-0.3, -0.25) is 4.79 Å². The number of piperidine rings is 1. The number of nitrogens with one attached hydrogen (secondary N) is 1. The molecule has 1 N–H and O–H groups in total. The molecule has 0 aromatic heterocycles. The number of nitrogens with zero attached hydrogens (tertiary/aromatic N) is 1. The summed E-state index contributed by atoms with van der Waals surface area (Å²) in [4.78, 5) is 15.8. The van der Waals surface area contributed by atoms with Gasteiger partial charge in [0.2, 0.25) is 5.91 Å². The SMILES string of the molecule is C=CC(/C=C/C(=O)NCCC1[C@H]2CN(c3cccc(SC)c3)C[C@@H]12)=C\C=C/C.[HH]. The number of rotatable bonds is 9. The van der Waals surface area contributed by atoms with Crippen molar-refractivity contribution in [3.8, 4) is 0 Å². The highest BCUT2D eigenvalue weighted by atomic mass is 32.2. The van der Waals surface area contributed by atoms with Crippen molar-refractivity contribution in [3.05, 3.63) is 72.9 Å². The van der Waals surface area contributed by atoms with E-state index in [0.29, 0.717) is 0 Å². The third-order valence-corrected chi connectivity index (χ3v) is 6.44. The summed E-state index contributed by atoms with van der Waals surface area (Å²) in [5, 5.41) is 3.02. The molecule has 3 nitrogen and oxygen atoms in total. The summed E-state index contributed by atoms with van der Waals surface area (Å²) in [6, 6.07) is 8.82. The summed E-state index contributed by atoms with van der Waals surface area (Å²) >= 11 is 1.79. The lowest BCUT2D eigenvalue weighted by Crippen LogP contribution is -2.26. The molecule has 0 spiro atoms. The Hall–Kier alpha value is -2.20. The normalized spacial score (nSPS) is 24.0. The van der Waals surface area contributed by atoms with Crippen LogP contribution in [0.3, 0.4) is 0 Å². The number of amides is 1. The highest BCUT2D eigenvalue weighted by Gasteiger charge is 2.54. The Labute approximate surface area is 174 Å². The molecule has 1 saturated carbocycles. The van der Waals surface area contributed by atoms with Crippen molar-refractivity contribution in [2.24, 2.45) is 17.8 Å². The molecule has 1 amide bonds. The maximum absolute atomic E-state index is 12.0. The van der Waals surface area contributed by atoms with E-state index in [9.17, 15) is 4.79 Å². The van der Waals surface area contributed by atoms with E-state index in [2.05, 4.69) is 47.3 Å². The van der Waals surface area contributed by atoms with E-state index in [0.717, 1.165) is 49.4 Å². The summed E-state index contributed by atoms with van der Waals surface area (Å²) in [7, 11) is 0. The summed E-state index contributed by atoms with van der Waals surface area (Å²) in [6.07, 6.45) is 14.2. The largest absolute Gasteiger partial charge is 0.371 e. The molecule has 1 unspecified atom stereocenters. The molecule has 2 fully saturated rings. The van der Waals surface area contributed by atoms with Gasteiger partial charge in [0.15, 0.2) is 0 Å². The first-order valence-electron chi connectivity index (χ1n) is 9.96. The molecule has 1 aromatic rings. The standard InChI is InChI=1S/C24H30N2OS.H2/c1-4-6-8-18(5-2)11-12-24(27)25-14-13-21-22-16-26(17-23(21)22)19-9-7-10-20(15-19)28-3;/h4-12,15,21-23H,2,13-14,16-17H2,1,3H3,(H,25,27);1H/b6-4-,12-11+,18-8+;/t21?,22-,23+;. The first-order valence-corrected chi connectivity index (χ1v) is 11.2. The number of benzene rings is 1. The van der Waals surface area contributed by atoms with Gasteiger partial charge in [-0.15, -0.1) is 11.8 Å². The lowest BCUT2D eigenvalue weighted by molar-refractivity contribution is -0.116. The third kappa shape index (κ3) is 5.20. The predicted octanol–water partition coefficient (Wildman–Crippen LogP) is 5.09. The summed E-state index contributed by atoms with van der Waals surface area (Å²) in [5.41, 5.74) is 2.27. The molecular weight excluding hydrogens is 364 g/mol. The Bertz CT molecular complexity index is 790. The van der Waals surface area contributed by atoms with Gasteiger partial charge in [-0.05, 0) is 67.2 Å². The van der Waals surface area contributed by atoms with Crippen LogP contribution in [0.25, 0.3) is 0 Å². The fourth-order valence-corrected chi connectivity index (χ4v) is 4.54. The molecule has 1 heterocycles. The van der Waals surface area contributed by atoms with E-state index in [-0.39, 0.29) is 7.33 Å². The first-order chi connectivity index (χ1) is 13.7. The first kappa shape index (κ1) is 20.5. The van der Waals surface area contributed by atoms with E-state index in [4.69, 9.17) is 0 Å². The summed E-state index contributed by atoms with van der Waals surface area (Å²) in [6.45, 7) is 8.78. The molecule has 0 bridgehead atoms. The summed E-state index contributed by atoms with van der Waals surface area (Å²) in [5.74, 6) is 2.32.